The molecule has 9 atom stereocenters. The van der Waals surface area contributed by atoms with Gasteiger partial charge in [-0.05, 0) is 125 Å². The summed E-state index contributed by atoms with van der Waals surface area (Å²) in [6, 6.07) is 4.22. The Bertz CT molecular complexity index is 2570. The molecule has 0 aromatic heterocycles. The zero-order valence-corrected chi connectivity index (χ0v) is 51.9. The maximum Gasteiger partial charge on any atom is 0.266 e. The van der Waals surface area contributed by atoms with Crippen LogP contribution in [0, 0.1) is 0 Å². The molecule has 0 radical (unpaired) electrons. The van der Waals surface area contributed by atoms with Crippen molar-refractivity contribution in [3.63, 3.8) is 0 Å². The van der Waals surface area contributed by atoms with Crippen molar-refractivity contribution in [2.24, 2.45) is 10.9 Å². The lowest BCUT2D eigenvalue weighted by atomic mass is 10.0. The average Bonchev–Trinajstić information content (AvgIpc) is 3.68. The van der Waals surface area contributed by atoms with Crippen LogP contribution in [0.3, 0.4) is 0 Å². The second kappa shape index (κ2) is 39.9. The molecule has 18 N–H and O–H groups in total. The Morgan fingerprint density at radius 3 is 1.87 bits per heavy atom. The molecule has 4 rings (SSSR count). The van der Waals surface area contributed by atoms with E-state index >= 15 is 0 Å². The van der Waals surface area contributed by atoms with Crippen molar-refractivity contribution in [3.05, 3.63) is 65.2 Å². The van der Waals surface area contributed by atoms with E-state index in [4.69, 9.17) is 15.3 Å². The Morgan fingerprint density at radius 2 is 1.27 bits per heavy atom. The largest absolute Gasteiger partial charge is 0.494 e. The van der Waals surface area contributed by atoms with Gasteiger partial charge in [-0.2, -0.15) is 35.3 Å². The number of hydrogen-bond acceptors (Lipinski definition) is 17. The molecule has 4 bridgehead atoms. The van der Waals surface area contributed by atoms with E-state index in [2.05, 4.69) is 64.5 Å². The highest BCUT2D eigenvalue weighted by atomic mass is 32.2. The van der Waals surface area contributed by atoms with E-state index in [-0.39, 0.29) is 49.5 Å². The van der Waals surface area contributed by atoms with E-state index in [0.29, 0.717) is 81.0 Å². The van der Waals surface area contributed by atoms with Gasteiger partial charge in [0.15, 0.2) is 0 Å². The third-order valence-electron chi connectivity index (χ3n) is 13.7. The maximum absolute atomic E-state index is 14.3. The molecule has 2 aliphatic rings. The predicted octanol–water partition coefficient (Wildman–Crippen LogP) is -2.18. The SMILES string of the molecule is CSCC[C@@H]1NC(=O)[C@H]([C@@H](C)O)NC(=O)[C@H](C)NC(=O)CNC(=O)[C@@H]2CSCc3cc(cc(c3)OCCCCCCO/N=C/C(=O)N[C@@H](Cc3ccccc3)C(=O)N2)CSC[C@@H](C(N)=O)NC(=O)[C@H](CCCC[NH3+])NC(=O)[C@H](CCCC[NH3+])NC1=O. The third-order valence-corrected chi connectivity index (χ3v) is 16.6. The molecule has 10 amide bonds. The quantitative estimate of drug-likeness (QED) is 0.0844. The van der Waals surface area contributed by atoms with Crippen molar-refractivity contribution in [1.29, 1.82) is 0 Å². The number of fused-ring (bicyclic) bond motifs is 5. The van der Waals surface area contributed by atoms with Gasteiger partial charge in [-0.3, -0.25) is 47.9 Å². The van der Waals surface area contributed by atoms with Crippen LogP contribution in [0.25, 0.3) is 0 Å². The molecule has 2 aromatic carbocycles. The van der Waals surface area contributed by atoms with Crippen molar-refractivity contribution in [1.82, 2.24) is 47.9 Å². The Kier molecular flexibility index (Phi) is 33.3. The minimum absolute atomic E-state index is 0.0243. The zero-order chi connectivity index (χ0) is 62.8. The van der Waals surface area contributed by atoms with Gasteiger partial charge in [-0.25, -0.2) is 0 Å². The number of aliphatic hydroxyl groups excluding tert-OH is 1. The molecule has 29 heteroatoms. The lowest BCUT2D eigenvalue weighted by Crippen LogP contribution is -2.61. The van der Waals surface area contributed by atoms with Gasteiger partial charge in [0.2, 0.25) is 53.2 Å². The summed E-state index contributed by atoms with van der Waals surface area (Å²) in [6.45, 7) is 3.58. The van der Waals surface area contributed by atoms with Gasteiger partial charge in [-0.15, -0.1) is 0 Å². The number of nitrogens with two attached hydrogens (primary N) is 1. The fourth-order valence-electron chi connectivity index (χ4n) is 8.94. The number of hydrogen-bond donors (Lipinski definition) is 13. The smallest absolute Gasteiger partial charge is 0.266 e. The van der Waals surface area contributed by atoms with Crippen LogP contribution in [0.15, 0.2) is 53.7 Å². The van der Waals surface area contributed by atoms with Crippen LogP contribution >= 0.6 is 35.3 Å². The molecule has 0 fully saturated rings. The van der Waals surface area contributed by atoms with E-state index in [1.165, 1.54) is 49.1 Å². The van der Waals surface area contributed by atoms with Gasteiger partial charge >= 0.3 is 0 Å². The highest BCUT2D eigenvalue weighted by molar-refractivity contribution is 7.99. The Hall–Kier alpha value is -6.66. The molecule has 86 heavy (non-hydrogen) atoms. The number of carbonyl (C=O) groups is 10. The van der Waals surface area contributed by atoms with Crippen LogP contribution in [-0.2, 0) is 70.7 Å². The molecule has 2 heterocycles. The number of aliphatic hydroxyl groups is 1. The summed E-state index contributed by atoms with van der Waals surface area (Å²) in [4.78, 5) is 144. The number of thioether (sulfide) groups is 3. The van der Waals surface area contributed by atoms with Crippen molar-refractivity contribution in [3.8, 4) is 5.75 Å². The third kappa shape index (κ3) is 26.9. The highest BCUT2D eigenvalue weighted by Crippen LogP contribution is 2.26. The fraction of sp³-hybridized carbons (Fsp3) is 0.596. The first kappa shape index (κ1) is 71.8. The van der Waals surface area contributed by atoms with Gasteiger partial charge in [-0.1, -0.05) is 41.6 Å². The number of nitrogens with one attached hydrogen (secondary N) is 9. The summed E-state index contributed by atoms with van der Waals surface area (Å²) in [5.41, 5.74) is 15.9. The predicted molar refractivity (Wildman–Crippen MR) is 329 cm³/mol. The number of quaternary nitrogens is 2. The molecule has 2 aromatic rings. The van der Waals surface area contributed by atoms with E-state index in [9.17, 15) is 53.1 Å². The molecule has 0 saturated carbocycles. The van der Waals surface area contributed by atoms with Gasteiger partial charge in [0.25, 0.3) is 5.91 Å². The van der Waals surface area contributed by atoms with Gasteiger partial charge < -0.3 is 79.7 Å². The van der Waals surface area contributed by atoms with Crippen molar-refractivity contribution >= 4 is 101 Å². The number of amides is 10. The Labute approximate surface area is 515 Å². The lowest BCUT2D eigenvalue weighted by Gasteiger charge is -2.28. The summed E-state index contributed by atoms with van der Waals surface area (Å²) in [6.07, 6.45) is 6.68. The standard InChI is InChI=1S/C57H87N13O13S3/c1-35-51(75)70-49(36(2)71)57(81)67-43(19-24-84-3)55(79)66-41(17-9-11-20-58)53(77)65-42(18-10-12-21-59)54(78)68-45(50(60)74)33-85-31-38-25-39-27-40(26-38)82-22-13-4-5-14-23-83-62-30-48(73)64-44(28-37-15-7-6-8-16-37)56(80)69-46(34-86-32-39)52(76)61-29-47(72)63-35/h6-8,15-16,25-27,30,35-36,41-46,49,71H,4-5,9-14,17-24,28-29,31-34,58-59H2,1-3H3,(H2,60,74)(H,61,76)(H,63,72)(H,64,73)(H,65,77)(H,66,79)(H,67,81)(H,68,78)(H,69,80)(H,70,75)/p+2/b62-30+/t35-,36+,41-,42-,43-,44-,45-,46-,49-/m0/s1. The minimum atomic E-state index is -1.65. The van der Waals surface area contributed by atoms with Crippen LogP contribution in [0.5, 0.6) is 5.75 Å². The molecule has 0 spiro atoms. The van der Waals surface area contributed by atoms with Crippen LogP contribution in [0.4, 0.5) is 0 Å². The number of benzene rings is 2. The van der Waals surface area contributed by atoms with Crippen LogP contribution in [0.2, 0.25) is 0 Å². The van der Waals surface area contributed by atoms with Crippen molar-refractivity contribution in [2.75, 3.05) is 56.4 Å². The number of oxime groups is 1. The summed E-state index contributed by atoms with van der Waals surface area (Å²) < 4.78 is 6.26. The highest BCUT2D eigenvalue weighted by Gasteiger charge is 2.35. The van der Waals surface area contributed by atoms with Gasteiger partial charge in [0.1, 0.15) is 66.9 Å². The molecule has 2 aliphatic heterocycles. The lowest BCUT2D eigenvalue weighted by molar-refractivity contribution is -0.369. The molecular weight excluding hydrogens is 1170 g/mol. The second-order valence-electron chi connectivity index (χ2n) is 21.0. The fourth-order valence-corrected chi connectivity index (χ4v) is 11.4. The molecule has 476 valence electrons. The summed E-state index contributed by atoms with van der Waals surface area (Å²) in [5.74, 6) is -6.35. The van der Waals surface area contributed by atoms with E-state index < -0.39 is 120 Å². The average molecular weight is 1260 g/mol. The summed E-state index contributed by atoms with van der Waals surface area (Å²) in [5, 5.41) is 38.4. The van der Waals surface area contributed by atoms with Crippen molar-refractivity contribution < 1.29 is 74.1 Å². The maximum atomic E-state index is 14.3. The first-order valence-corrected chi connectivity index (χ1v) is 32.9. The minimum Gasteiger partial charge on any atom is -0.494 e. The molecule has 0 saturated heterocycles. The van der Waals surface area contributed by atoms with Gasteiger partial charge in [0.05, 0.1) is 32.3 Å². The number of carbonyl (C=O) groups excluding carboxylic acids is 10. The first-order chi connectivity index (χ1) is 41.3. The summed E-state index contributed by atoms with van der Waals surface area (Å²) in [7, 11) is 0. The number of unbranched alkanes of at least 4 members (excludes halogenated alkanes) is 2. The molecule has 26 nitrogen and oxygen atoms in total. The monoisotopic (exact) mass is 1260 g/mol. The number of rotatable bonds is 15. The van der Waals surface area contributed by atoms with Crippen LogP contribution in [0.1, 0.15) is 101 Å². The molecular formula is C57H89N13O13S3+2. The van der Waals surface area contributed by atoms with E-state index in [1.807, 2.05) is 18.2 Å². The molecule has 0 unspecified atom stereocenters. The topological polar surface area (TPSA) is 411 Å². The normalized spacial score (nSPS) is 24.8. The Balaban J connectivity index is 1.76. The summed E-state index contributed by atoms with van der Waals surface area (Å²) >= 11 is 3.97. The van der Waals surface area contributed by atoms with Crippen LogP contribution in [-0.4, -0.2) is 181 Å². The number of ether oxygens (including phenoxy) is 1. The van der Waals surface area contributed by atoms with E-state index in [0.717, 1.165) is 30.2 Å². The van der Waals surface area contributed by atoms with Gasteiger partial charge in [0, 0.05) is 29.4 Å². The molecule has 0 aliphatic carbocycles. The zero-order valence-electron chi connectivity index (χ0n) is 49.5. The number of primary amides is 1. The first-order valence-electron chi connectivity index (χ1n) is 29.2. The Morgan fingerprint density at radius 1 is 0.686 bits per heavy atom. The van der Waals surface area contributed by atoms with Crippen molar-refractivity contribution in [2.45, 2.75) is 157 Å². The second-order valence-corrected chi connectivity index (χ2v) is 24.1. The van der Waals surface area contributed by atoms with Crippen LogP contribution < -0.4 is 69.8 Å². The number of nitrogens with zero attached hydrogens (tertiary/aromatic N) is 1. The van der Waals surface area contributed by atoms with E-state index in [1.54, 1.807) is 36.6 Å².